The minimum absolute atomic E-state index is 0.164. The zero-order valence-electron chi connectivity index (χ0n) is 11.0. The monoisotopic (exact) mass is 257 g/mol. The molecular weight excluding hydrogens is 242 g/mol. The van der Waals surface area contributed by atoms with Crippen molar-refractivity contribution in [2.24, 2.45) is 0 Å². The lowest BCUT2D eigenvalue weighted by Crippen LogP contribution is -2.32. The van der Waals surface area contributed by atoms with Gasteiger partial charge in [0, 0.05) is 17.0 Å². The first-order valence-corrected chi connectivity index (χ1v) is 6.36. The topological polar surface area (TPSA) is 52.4 Å². The Balaban J connectivity index is 2.33. The molecule has 19 heavy (non-hydrogen) atoms. The summed E-state index contributed by atoms with van der Waals surface area (Å²) in [4.78, 5) is 10.9. The predicted molar refractivity (Wildman–Crippen MR) is 73.6 cm³/mol. The molecule has 0 aromatic heterocycles. The van der Waals surface area contributed by atoms with Crippen molar-refractivity contribution < 1.29 is 9.66 Å². The number of nitrogens with zero attached hydrogens (tertiary/aromatic N) is 1. The van der Waals surface area contributed by atoms with Gasteiger partial charge in [-0.1, -0.05) is 18.2 Å². The van der Waals surface area contributed by atoms with Crippen molar-refractivity contribution in [1.82, 2.24) is 0 Å². The molecule has 0 atom stereocenters. The van der Waals surface area contributed by atoms with Gasteiger partial charge >= 0.3 is 0 Å². The molecule has 0 radical (unpaired) electrons. The highest BCUT2D eigenvalue weighted by atomic mass is 16.6. The molecule has 1 aliphatic rings. The average molecular weight is 257 g/mol. The first kappa shape index (κ1) is 12.0. The van der Waals surface area contributed by atoms with Gasteiger partial charge in [0.1, 0.15) is 11.4 Å². The number of nitro groups is 1. The van der Waals surface area contributed by atoms with Crippen LogP contribution in [-0.2, 0) is 6.42 Å². The van der Waals surface area contributed by atoms with Gasteiger partial charge in [0.25, 0.3) is 5.69 Å². The average Bonchev–Trinajstić information content (AvgIpc) is 2.37. The van der Waals surface area contributed by atoms with Crippen molar-refractivity contribution in [1.29, 1.82) is 0 Å². The zero-order chi connectivity index (χ0) is 13.6. The van der Waals surface area contributed by atoms with E-state index in [0.717, 1.165) is 29.5 Å². The molecule has 3 rings (SSSR count). The van der Waals surface area contributed by atoms with Crippen LogP contribution >= 0.6 is 0 Å². The van der Waals surface area contributed by atoms with E-state index in [9.17, 15) is 10.1 Å². The molecule has 0 fully saturated rings. The van der Waals surface area contributed by atoms with Crippen LogP contribution in [0.3, 0.4) is 0 Å². The standard InChI is InChI=1S/C15H15NO3/c1-15(2)8-7-10-9-13(16(17)18)11-5-3-4-6-12(11)14(10)19-15/h3-6,9H,7-8H2,1-2H3. The number of aryl methyl sites for hydroxylation is 1. The normalized spacial score (nSPS) is 16.7. The Morgan fingerprint density at radius 3 is 2.63 bits per heavy atom. The van der Waals surface area contributed by atoms with Gasteiger partial charge in [-0.2, -0.15) is 0 Å². The fraction of sp³-hybridized carbons (Fsp3) is 0.333. The SMILES string of the molecule is CC1(C)CCc2cc([N+](=O)[O-])c3ccccc3c2O1. The number of benzene rings is 2. The molecule has 0 saturated carbocycles. The highest BCUT2D eigenvalue weighted by Gasteiger charge is 2.30. The van der Waals surface area contributed by atoms with Crippen molar-refractivity contribution >= 4 is 16.5 Å². The lowest BCUT2D eigenvalue weighted by atomic mass is 9.91. The van der Waals surface area contributed by atoms with E-state index < -0.39 is 0 Å². The number of hydrogen-bond acceptors (Lipinski definition) is 3. The molecule has 0 aliphatic carbocycles. The van der Waals surface area contributed by atoms with Crippen LogP contribution in [0.1, 0.15) is 25.8 Å². The maximum Gasteiger partial charge on any atom is 0.277 e. The zero-order valence-corrected chi connectivity index (χ0v) is 11.0. The Kier molecular flexibility index (Phi) is 2.49. The second kappa shape index (κ2) is 3.95. The van der Waals surface area contributed by atoms with E-state index in [4.69, 9.17) is 4.74 Å². The summed E-state index contributed by atoms with van der Waals surface area (Å²) in [5.41, 5.74) is 0.883. The molecule has 98 valence electrons. The summed E-state index contributed by atoms with van der Waals surface area (Å²) in [7, 11) is 0. The second-order valence-electron chi connectivity index (χ2n) is 5.55. The summed E-state index contributed by atoms with van der Waals surface area (Å²) < 4.78 is 6.04. The molecule has 0 amide bonds. The summed E-state index contributed by atoms with van der Waals surface area (Å²) >= 11 is 0. The predicted octanol–water partition coefficient (Wildman–Crippen LogP) is 3.85. The maximum atomic E-state index is 11.2. The molecule has 0 N–H and O–H groups in total. The van der Waals surface area contributed by atoms with Crippen molar-refractivity contribution in [3.8, 4) is 5.75 Å². The number of hydrogen-bond donors (Lipinski definition) is 0. The Morgan fingerprint density at radius 2 is 1.95 bits per heavy atom. The number of fused-ring (bicyclic) bond motifs is 3. The van der Waals surface area contributed by atoms with Crippen LogP contribution in [0.2, 0.25) is 0 Å². The second-order valence-corrected chi connectivity index (χ2v) is 5.55. The molecule has 0 spiro atoms. The molecular formula is C15H15NO3. The molecule has 0 unspecified atom stereocenters. The van der Waals surface area contributed by atoms with Gasteiger partial charge in [-0.25, -0.2) is 0 Å². The van der Waals surface area contributed by atoms with E-state index in [0.29, 0.717) is 5.39 Å². The molecule has 1 aliphatic heterocycles. The van der Waals surface area contributed by atoms with E-state index in [-0.39, 0.29) is 16.2 Å². The van der Waals surface area contributed by atoms with Gasteiger partial charge in [0.2, 0.25) is 0 Å². The molecule has 4 heteroatoms. The number of nitro benzene ring substituents is 1. The molecule has 1 heterocycles. The quantitative estimate of drug-likeness (QED) is 0.576. The largest absolute Gasteiger partial charge is 0.487 e. The van der Waals surface area contributed by atoms with Crippen molar-refractivity contribution in [3.05, 3.63) is 46.0 Å². The Labute approximate surface area is 111 Å². The van der Waals surface area contributed by atoms with Crippen LogP contribution in [0.4, 0.5) is 5.69 Å². The lowest BCUT2D eigenvalue weighted by Gasteiger charge is -2.33. The minimum Gasteiger partial charge on any atom is -0.487 e. The van der Waals surface area contributed by atoms with Crippen LogP contribution in [0.25, 0.3) is 10.8 Å². The van der Waals surface area contributed by atoms with Crippen molar-refractivity contribution in [3.63, 3.8) is 0 Å². The Morgan fingerprint density at radius 1 is 1.26 bits per heavy atom. The highest BCUT2D eigenvalue weighted by molar-refractivity contribution is 5.96. The first-order valence-electron chi connectivity index (χ1n) is 6.36. The third-order valence-electron chi connectivity index (χ3n) is 3.62. The summed E-state index contributed by atoms with van der Waals surface area (Å²) in [5, 5.41) is 12.7. The van der Waals surface area contributed by atoms with Crippen LogP contribution < -0.4 is 4.74 Å². The van der Waals surface area contributed by atoms with Gasteiger partial charge in [-0.3, -0.25) is 10.1 Å². The summed E-state index contributed by atoms with van der Waals surface area (Å²) in [6.07, 6.45) is 1.68. The van der Waals surface area contributed by atoms with Gasteiger partial charge in [-0.15, -0.1) is 0 Å². The molecule has 4 nitrogen and oxygen atoms in total. The number of non-ortho nitro benzene ring substituents is 1. The van der Waals surface area contributed by atoms with Crippen LogP contribution in [0.15, 0.2) is 30.3 Å². The van der Waals surface area contributed by atoms with Gasteiger partial charge < -0.3 is 4.74 Å². The highest BCUT2D eigenvalue weighted by Crippen LogP contribution is 2.42. The molecule has 0 bridgehead atoms. The third kappa shape index (κ3) is 1.93. The lowest BCUT2D eigenvalue weighted by molar-refractivity contribution is -0.383. The molecule has 0 saturated heterocycles. The minimum atomic E-state index is -0.317. The first-order chi connectivity index (χ1) is 8.98. The van der Waals surface area contributed by atoms with E-state index >= 15 is 0 Å². The van der Waals surface area contributed by atoms with Gasteiger partial charge in [-0.05, 0) is 32.8 Å². The molecule has 2 aromatic carbocycles. The van der Waals surface area contributed by atoms with E-state index in [1.165, 1.54) is 0 Å². The number of ether oxygens (including phenoxy) is 1. The molecule has 2 aromatic rings. The number of rotatable bonds is 1. The van der Waals surface area contributed by atoms with Crippen LogP contribution in [0, 0.1) is 10.1 Å². The Hall–Kier alpha value is -2.10. The summed E-state index contributed by atoms with van der Waals surface area (Å²) in [6, 6.07) is 9.03. The summed E-state index contributed by atoms with van der Waals surface area (Å²) in [6.45, 7) is 4.10. The fourth-order valence-electron chi connectivity index (χ4n) is 2.61. The fourth-order valence-corrected chi connectivity index (χ4v) is 2.61. The van der Waals surface area contributed by atoms with Crippen molar-refractivity contribution in [2.45, 2.75) is 32.3 Å². The van der Waals surface area contributed by atoms with E-state index in [1.807, 2.05) is 32.0 Å². The van der Waals surface area contributed by atoms with E-state index in [1.54, 1.807) is 12.1 Å². The van der Waals surface area contributed by atoms with Crippen LogP contribution in [-0.4, -0.2) is 10.5 Å². The third-order valence-corrected chi connectivity index (χ3v) is 3.62. The Bertz CT molecular complexity index is 676. The summed E-state index contributed by atoms with van der Waals surface area (Å²) in [5.74, 6) is 0.803. The van der Waals surface area contributed by atoms with E-state index in [2.05, 4.69) is 0 Å². The van der Waals surface area contributed by atoms with Crippen molar-refractivity contribution in [2.75, 3.05) is 0 Å². The van der Waals surface area contributed by atoms with Gasteiger partial charge in [0.05, 0.1) is 10.3 Å². The van der Waals surface area contributed by atoms with Crippen LogP contribution in [0.5, 0.6) is 5.75 Å². The maximum absolute atomic E-state index is 11.2. The smallest absolute Gasteiger partial charge is 0.277 e. The van der Waals surface area contributed by atoms with Gasteiger partial charge in [0.15, 0.2) is 0 Å².